The summed E-state index contributed by atoms with van der Waals surface area (Å²) >= 11 is 0. The molecule has 138 valence electrons. The number of hydrogen-bond donors (Lipinski definition) is 2. The Hall–Kier alpha value is -2.57. The van der Waals surface area contributed by atoms with Gasteiger partial charge in [-0.3, -0.25) is 9.59 Å². The third-order valence-electron chi connectivity index (χ3n) is 5.58. The molecule has 1 aromatic carbocycles. The minimum absolute atomic E-state index is 0.126. The molecule has 1 saturated heterocycles. The van der Waals surface area contributed by atoms with Gasteiger partial charge in [0.25, 0.3) is 5.91 Å². The fourth-order valence-electron chi connectivity index (χ4n) is 4.10. The predicted octanol–water partition coefficient (Wildman–Crippen LogP) is 1.81. The Morgan fingerprint density at radius 2 is 1.85 bits per heavy atom. The van der Waals surface area contributed by atoms with Gasteiger partial charge in [0.05, 0.1) is 17.8 Å². The van der Waals surface area contributed by atoms with Crippen LogP contribution >= 0.6 is 0 Å². The van der Waals surface area contributed by atoms with Crippen LogP contribution in [-0.2, 0) is 4.79 Å². The van der Waals surface area contributed by atoms with Crippen molar-refractivity contribution in [1.29, 1.82) is 0 Å². The quantitative estimate of drug-likeness (QED) is 0.805. The van der Waals surface area contributed by atoms with Crippen LogP contribution in [0.2, 0.25) is 0 Å². The van der Waals surface area contributed by atoms with Crippen LogP contribution in [0.3, 0.4) is 0 Å². The highest BCUT2D eigenvalue weighted by Gasteiger charge is 2.40. The molecule has 2 N–H and O–H groups in total. The molecule has 2 aliphatic heterocycles. The molecule has 26 heavy (non-hydrogen) atoms. The average Bonchev–Trinajstić information content (AvgIpc) is 2.77. The Bertz CT molecular complexity index is 729. The van der Waals surface area contributed by atoms with Crippen molar-refractivity contribution >= 4 is 23.5 Å². The van der Waals surface area contributed by atoms with Gasteiger partial charge in [-0.15, -0.1) is 0 Å². The molecule has 0 unspecified atom stereocenters. The zero-order valence-corrected chi connectivity index (χ0v) is 14.7. The zero-order valence-electron chi connectivity index (χ0n) is 14.7. The molecule has 4 amide bonds. The molecule has 2 heterocycles. The first-order chi connectivity index (χ1) is 12.6. The monoisotopic (exact) mass is 356 g/mol. The lowest BCUT2D eigenvalue weighted by Gasteiger charge is -2.40. The number of benzene rings is 1. The van der Waals surface area contributed by atoms with Crippen LogP contribution in [-0.4, -0.2) is 59.4 Å². The first kappa shape index (κ1) is 16.9. The third-order valence-corrected chi connectivity index (χ3v) is 5.58. The smallest absolute Gasteiger partial charge is 0.317 e. The Morgan fingerprint density at radius 3 is 2.65 bits per heavy atom. The van der Waals surface area contributed by atoms with Crippen LogP contribution < -0.4 is 10.6 Å². The van der Waals surface area contributed by atoms with Gasteiger partial charge in [-0.2, -0.15) is 0 Å². The second-order valence-corrected chi connectivity index (χ2v) is 7.28. The standard InChI is InChI=1S/C19H24N4O3/c24-17-16-12-22(19(26)20-13-6-2-1-3-7-13)10-11-23(16)18(25)14-8-4-5-9-15(14)21-17/h4-5,8-9,13,16H,1-3,6-7,10-12H2,(H,20,26)(H,21,24)/t16-/m1/s1. The van der Waals surface area contributed by atoms with Crippen molar-refractivity contribution in [2.45, 2.75) is 44.2 Å². The molecule has 2 fully saturated rings. The van der Waals surface area contributed by atoms with Crippen LogP contribution in [0.1, 0.15) is 42.5 Å². The summed E-state index contributed by atoms with van der Waals surface area (Å²) in [4.78, 5) is 41.3. The second-order valence-electron chi connectivity index (χ2n) is 7.28. The minimum atomic E-state index is -0.652. The van der Waals surface area contributed by atoms with Gasteiger partial charge < -0.3 is 20.4 Å². The van der Waals surface area contributed by atoms with Crippen molar-refractivity contribution in [3.05, 3.63) is 29.8 Å². The molecule has 1 saturated carbocycles. The van der Waals surface area contributed by atoms with Crippen LogP contribution in [0.15, 0.2) is 24.3 Å². The Kier molecular flexibility index (Phi) is 4.53. The Balaban J connectivity index is 1.47. The highest BCUT2D eigenvalue weighted by molar-refractivity contribution is 6.10. The summed E-state index contributed by atoms with van der Waals surface area (Å²) in [5, 5.41) is 5.93. The zero-order chi connectivity index (χ0) is 18.1. The number of carbonyl (C=O) groups excluding carboxylic acids is 3. The minimum Gasteiger partial charge on any atom is -0.335 e. The molecule has 0 spiro atoms. The van der Waals surface area contributed by atoms with Crippen molar-refractivity contribution in [1.82, 2.24) is 15.1 Å². The first-order valence-electron chi connectivity index (χ1n) is 9.40. The number of nitrogens with zero attached hydrogens (tertiary/aromatic N) is 2. The van der Waals surface area contributed by atoms with Gasteiger partial charge in [-0.25, -0.2) is 4.79 Å². The molecule has 0 aromatic heterocycles. The fraction of sp³-hybridized carbons (Fsp3) is 0.526. The molecular weight excluding hydrogens is 332 g/mol. The van der Waals surface area contributed by atoms with Gasteiger partial charge in [0.2, 0.25) is 5.91 Å². The summed E-state index contributed by atoms with van der Waals surface area (Å²) in [7, 11) is 0. The Morgan fingerprint density at radius 1 is 1.08 bits per heavy atom. The number of hydrogen-bond acceptors (Lipinski definition) is 3. The van der Waals surface area contributed by atoms with E-state index >= 15 is 0 Å². The maximum atomic E-state index is 12.8. The van der Waals surface area contributed by atoms with Crippen LogP contribution in [0.5, 0.6) is 0 Å². The largest absolute Gasteiger partial charge is 0.335 e. The first-order valence-corrected chi connectivity index (χ1v) is 9.40. The van der Waals surface area contributed by atoms with Crippen LogP contribution in [0.25, 0.3) is 0 Å². The number of amides is 4. The lowest BCUT2D eigenvalue weighted by atomic mass is 9.96. The summed E-state index contributed by atoms with van der Waals surface area (Å²) in [5.74, 6) is -0.394. The van der Waals surface area contributed by atoms with Crippen molar-refractivity contribution in [2.24, 2.45) is 0 Å². The number of piperazine rings is 1. The normalized spacial score (nSPS) is 23.6. The van der Waals surface area contributed by atoms with Crippen LogP contribution in [0.4, 0.5) is 10.5 Å². The number of fused-ring (bicyclic) bond motifs is 2. The van der Waals surface area contributed by atoms with E-state index in [-0.39, 0.29) is 30.4 Å². The number of nitrogens with one attached hydrogen (secondary N) is 2. The number of rotatable bonds is 1. The van der Waals surface area contributed by atoms with E-state index in [4.69, 9.17) is 0 Å². The SMILES string of the molecule is O=C1Nc2ccccc2C(=O)N2CCN(C(=O)NC3CCCCC3)C[C@H]12. The number of para-hydroxylation sites is 1. The maximum Gasteiger partial charge on any atom is 0.317 e. The highest BCUT2D eigenvalue weighted by atomic mass is 16.2. The second kappa shape index (κ2) is 6.97. The molecule has 0 radical (unpaired) electrons. The molecule has 7 heteroatoms. The summed E-state index contributed by atoms with van der Waals surface area (Å²) in [6.07, 6.45) is 5.57. The molecule has 7 nitrogen and oxygen atoms in total. The van der Waals surface area contributed by atoms with E-state index in [1.54, 1.807) is 34.1 Å². The van der Waals surface area contributed by atoms with E-state index in [9.17, 15) is 14.4 Å². The molecular formula is C19H24N4O3. The molecule has 1 aromatic rings. The molecule has 3 aliphatic rings. The van der Waals surface area contributed by atoms with Crippen molar-refractivity contribution in [2.75, 3.05) is 25.0 Å². The predicted molar refractivity (Wildman–Crippen MR) is 96.9 cm³/mol. The number of carbonyl (C=O) groups is 3. The fourth-order valence-corrected chi connectivity index (χ4v) is 4.10. The number of urea groups is 1. The van der Waals surface area contributed by atoms with Gasteiger partial charge >= 0.3 is 6.03 Å². The topological polar surface area (TPSA) is 81.8 Å². The third kappa shape index (κ3) is 3.13. The average molecular weight is 356 g/mol. The van der Waals surface area contributed by atoms with E-state index in [0.29, 0.717) is 24.3 Å². The van der Waals surface area contributed by atoms with E-state index < -0.39 is 6.04 Å². The molecule has 1 aliphatic carbocycles. The lowest BCUT2D eigenvalue weighted by molar-refractivity contribution is -0.121. The summed E-state index contributed by atoms with van der Waals surface area (Å²) in [6.45, 7) is 1.03. The van der Waals surface area contributed by atoms with Gasteiger partial charge in [-0.05, 0) is 25.0 Å². The van der Waals surface area contributed by atoms with E-state index in [2.05, 4.69) is 10.6 Å². The van der Waals surface area contributed by atoms with E-state index in [0.717, 1.165) is 25.7 Å². The summed E-state index contributed by atoms with van der Waals surface area (Å²) in [6, 6.07) is 6.49. The lowest BCUT2D eigenvalue weighted by Crippen LogP contribution is -2.61. The van der Waals surface area contributed by atoms with Gasteiger partial charge in [-0.1, -0.05) is 31.4 Å². The molecule has 1 atom stereocenters. The molecule has 0 bridgehead atoms. The van der Waals surface area contributed by atoms with E-state index in [1.165, 1.54) is 6.42 Å². The molecule has 4 rings (SSSR count). The van der Waals surface area contributed by atoms with Gasteiger partial charge in [0.15, 0.2) is 0 Å². The number of anilines is 1. The summed E-state index contributed by atoms with van der Waals surface area (Å²) in [5.41, 5.74) is 1.04. The highest BCUT2D eigenvalue weighted by Crippen LogP contribution is 2.25. The van der Waals surface area contributed by atoms with Crippen molar-refractivity contribution in [3.63, 3.8) is 0 Å². The van der Waals surface area contributed by atoms with Crippen LogP contribution in [0, 0.1) is 0 Å². The van der Waals surface area contributed by atoms with Crippen molar-refractivity contribution in [3.8, 4) is 0 Å². The Labute approximate surface area is 152 Å². The van der Waals surface area contributed by atoms with E-state index in [1.807, 2.05) is 0 Å². The van der Waals surface area contributed by atoms with Crippen molar-refractivity contribution < 1.29 is 14.4 Å². The van der Waals surface area contributed by atoms with Gasteiger partial charge in [0, 0.05) is 19.1 Å². The van der Waals surface area contributed by atoms with Gasteiger partial charge in [0.1, 0.15) is 6.04 Å². The summed E-state index contributed by atoms with van der Waals surface area (Å²) < 4.78 is 0. The maximum absolute atomic E-state index is 12.8.